The van der Waals surface area contributed by atoms with Crippen molar-refractivity contribution in [3.8, 4) is 0 Å². The summed E-state index contributed by atoms with van der Waals surface area (Å²) in [5.74, 6) is -1.42. The van der Waals surface area contributed by atoms with Gasteiger partial charge in [0.15, 0.2) is 0 Å². The van der Waals surface area contributed by atoms with Crippen molar-refractivity contribution in [2.24, 2.45) is 7.05 Å². The number of benzene rings is 1. The first-order valence-corrected chi connectivity index (χ1v) is 7.17. The molecule has 0 unspecified atom stereocenters. The van der Waals surface area contributed by atoms with Gasteiger partial charge in [0, 0.05) is 19.8 Å². The SMILES string of the molecule is C[C@H](C(=O)O)N(Cc1ccccc1)C(=O)c1cc(Cl)cn1C. The highest BCUT2D eigenvalue weighted by Gasteiger charge is 2.28. The van der Waals surface area contributed by atoms with Crippen LogP contribution in [0.5, 0.6) is 0 Å². The number of rotatable bonds is 5. The number of carbonyl (C=O) groups is 2. The molecule has 1 atom stereocenters. The predicted molar refractivity (Wildman–Crippen MR) is 83.8 cm³/mol. The van der Waals surface area contributed by atoms with Crippen LogP contribution in [-0.4, -0.2) is 32.5 Å². The molecule has 6 heteroatoms. The molecule has 2 rings (SSSR count). The molecule has 0 spiro atoms. The molecule has 1 aromatic heterocycles. The number of hydrogen-bond acceptors (Lipinski definition) is 2. The van der Waals surface area contributed by atoms with Gasteiger partial charge in [0.2, 0.25) is 0 Å². The van der Waals surface area contributed by atoms with Crippen LogP contribution in [0.4, 0.5) is 0 Å². The maximum atomic E-state index is 12.7. The van der Waals surface area contributed by atoms with Crippen LogP contribution < -0.4 is 0 Å². The van der Waals surface area contributed by atoms with E-state index in [0.29, 0.717) is 10.7 Å². The molecule has 1 heterocycles. The Kier molecular flexibility index (Phi) is 4.88. The van der Waals surface area contributed by atoms with Crippen LogP contribution in [0.3, 0.4) is 0 Å². The van der Waals surface area contributed by atoms with E-state index in [1.54, 1.807) is 17.8 Å². The van der Waals surface area contributed by atoms with Crippen LogP contribution in [0.15, 0.2) is 42.6 Å². The molecule has 2 aromatic rings. The van der Waals surface area contributed by atoms with Crippen LogP contribution in [0.2, 0.25) is 5.02 Å². The van der Waals surface area contributed by atoms with E-state index < -0.39 is 12.0 Å². The van der Waals surface area contributed by atoms with Crippen molar-refractivity contribution in [2.45, 2.75) is 19.5 Å². The van der Waals surface area contributed by atoms with E-state index in [4.69, 9.17) is 11.6 Å². The predicted octanol–water partition coefficient (Wildman–Crippen LogP) is 2.79. The summed E-state index contributed by atoms with van der Waals surface area (Å²) in [7, 11) is 1.70. The van der Waals surface area contributed by atoms with Gasteiger partial charge in [-0.2, -0.15) is 0 Å². The molecule has 0 radical (unpaired) electrons. The fourth-order valence-electron chi connectivity index (χ4n) is 2.18. The Morgan fingerprint density at radius 3 is 2.45 bits per heavy atom. The average Bonchev–Trinajstić information content (AvgIpc) is 2.83. The Labute approximate surface area is 133 Å². The van der Waals surface area contributed by atoms with E-state index in [9.17, 15) is 14.7 Å². The second kappa shape index (κ2) is 6.66. The van der Waals surface area contributed by atoms with Crippen LogP contribution in [0, 0.1) is 0 Å². The molecule has 116 valence electrons. The van der Waals surface area contributed by atoms with Gasteiger partial charge < -0.3 is 14.6 Å². The summed E-state index contributed by atoms with van der Waals surface area (Å²) in [6.45, 7) is 1.71. The zero-order chi connectivity index (χ0) is 16.3. The third kappa shape index (κ3) is 3.49. The van der Waals surface area contributed by atoms with Gasteiger partial charge in [-0.15, -0.1) is 0 Å². The average molecular weight is 321 g/mol. The molecular weight excluding hydrogens is 304 g/mol. The topological polar surface area (TPSA) is 62.5 Å². The van der Waals surface area contributed by atoms with Gasteiger partial charge >= 0.3 is 5.97 Å². The fraction of sp³-hybridized carbons (Fsp3) is 0.250. The van der Waals surface area contributed by atoms with Crippen molar-refractivity contribution in [3.05, 3.63) is 58.9 Å². The van der Waals surface area contributed by atoms with Crippen LogP contribution >= 0.6 is 11.6 Å². The van der Waals surface area contributed by atoms with Gasteiger partial charge in [-0.25, -0.2) is 4.79 Å². The number of aromatic nitrogens is 1. The lowest BCUT2D eigenvalue weighted by molar-refractivity contribution is -0.141. The Hall–Kier alpha value is -2.27. The molecule has 0 saturated heterocycles. The molecule has 0 aliphatic heterocycles. The highest BCUT2D eigenvalue weighted by atomic mass is 35.5. The monoisotopic (exact) mass is 320 g/mol. The summed E-state index contributed by atoms with van der Waals surface area (Å²) in [6.07, 6.45) is 1.61. The number of carbonyl (C=O) groups excluding carboxylic acids is 1. The molecule has 0 bridgehead atoms. The quantitative estimate of drug-likeness (QED) is 0.921. The Morgan fingerprint density at radius 1 is 1.32 bits per heavy atom. The number of carboxylic acid groups (broad SMARTS) is 1. The first kappa shape index (κ1) is 16.1. The van der Waals surface area contributed by atoms with Gasteiger partial charge in [0.1, 0.15) is 11.7 Å². The van der Waals surface area contributed by atoms with Gasteiger partial charge in [0.05, 0.1) is 5.02 Å². The summed E-state index contributed by atoms with van der Waals surface area (Å²) in [5, 5.41) is 9.71. The normalized spacial score (nSPS) is 12.0. The Bertz CT molecular complexity index is 682. The number of amides is 1. The zero-order valence-electron chi connectivity index (χ0n) is 12.4. The van der Waals surface area contributed by atoms with Crippen LogP contribution in [0.25, 0.3) is 0 Å². The van der Waals surface area contributed by atoms with Crippen molar-refractivity contribution < 1.29 is 14.7 Å². The van der Waals surface area contributed by atoms with Crippen molar-refractivity contribution in [3.63, 3.8) is 0 Å². The number of halogens is 1. The highest BCUT2D eigenvalue weighted by molar-refractivity contribution is 6.31. The molecule has 0 aliphatic rings. The third-order valence-electron chi connectivity index (χ3n) is 3.47. The van der Waals surface area contributed by atoms with E-state index >= 15 is 0 Å². The van der Waals surface area contributed by atoms with Gasteiger partial charge in [0.25, 0.3) is 5.91 Å². The Balaban J connectivity index is 2.33. The molecule has 1 aromatic carbocycles. The molecule has 0 saturated carbocycles. The third-order valence-corrected chi connectivity index (χ3v) is 3.68. The summed E-state index contributed by atoms with van der Waals surface area (Å²) >= 11 is 5.91. The maximum Gasteiger partial charge on any atom is 0.326 e. The lowest BCUT2D eigenvalue weighted by Gasteiger charge is -2.26. The standard InChI is InChI=1S/C16H17ClN2O3/c1-11(16(21)22)19(9-12-6-4-3-5-7-12)15(20)14-8-13(17)10-18(14)2/h3-8,10-11H,9H2,1-2H3,(H,21,22)/t11-/m1/s1. The molecule has 0 fully saturated rings. The lowest BCUT2D eigenvalue weighted by Crippen LogP contribution is -2.43. The molecule has 1 N–H and O–H groups in total. The van der Waals surface area contributed by atoms with E-state index in [1.807, 2.05) is 30.3 Å². The molecule has 5 nitrogen and oxygen atoms in total. The van der Waals surface area contributed by atoms with Gasteiger partial charge in [-0.3, -0.25) is 4.79 Å². The maximum absolute atomic E-state index is 12.7. The van der Waals surface area contributed by atoms with Gasteiger partial charge in [-0.05, 0) is 18.6 Å². The lowest BCUT2D eigenvalue weighted by atomic mass is 10.1. The highest BCUT2D eigenvalue weighted by Crippen LogP contribution is 2.18. The van der Waals surface area contributed by atoms with Crippen molar-refractivity contribution >= 4 is 23.5 Å². The number of hydrogen-bond donors (Lipinski definition) is 1. The van der Waals surface area contributed by atoms with Crippen molar-refractivity contribution in [2.75, 3.05) is 0 Å². The van der Waals surface area contributed by atoms with Crippen molar-refractivity contribution in [1.29, 1.82) is 0 Å². The van der Waals surface area contributed by atoms with E-state index in [2.05, 4.69) is 0 Å². The van der Waals surface area contributed by atoms with E-state index in [-0.39, 0.29) is 12.5 Å². The van der Waals surface area contributed by atoms with Crippen molar-refractivity contribution in [1.82, 2.24) is 9.47 Å². The van der Waals surface area contributed by atoms with Gasteiger partial charge in [-0.1, -0.05) is 41.9 Å². The minimum atomic E-state index is -1.05. The summed E-state index contributed by atoms with van der Waals surface area (Å²) < 4.78 is 1.59. The summed E-state index contributed by atoms with van der Waals surface area (Å²) in [4.78, 5) is 25.4. The second-order valence-corrected chi connectivity index (χ2v) is 5.52. The first-order valence-electron chi connectivity index (χ1n) is 6.79. The fourth-order valence-corrected chi connectivity index (χ4v) is 2.43. The molecule has 1 amide bonds. The minimum Gasteiger partial charge on any atom is -0.480 e. The molecule has 22 heavy (non-hydrogen) atoms. The number of aryl methyl sites for hydroxylation is 1. The first-order chi connectivity index (χ1) is 10.4. The zero-order valence-corrected chi connectivity index (χ0v) is 13.1. The van der Waals surface area contributed by atoms with E-state index in [0.717, 1.165) is 5.56 Å². The minimum absolute atomic E-state index is 0.218. The van der Waals surface area contributed by atoms with Crippen LogP contribution in [-0.2, 0) is 18.4 Å². The molecular formula is C16H17ClN2O3. The van der Waals surface area contributed by atoms with E-state index in [1.165, 1.54) is 17.9 Å². The number of aliphatic carboxylic acids is 1. The second-order valence-electron chi connectivity index (χ2n) is 5.09. The Morgan fingerprint density at radius 2 is 1.95 bits per heavy atom. The largest absolute Gasteiger partial charge is 0.480 e. The smallest absolute Gasteiger partial charge is 0.326 e. The molecule has 0 aliphatic carbocycles. The summed E-state index contributed by atoms with van der Waals surface area (Å²) in [5.41, 5.74) is 1.22. The number of carboxylic acids is 1. The number of nitrogens with zero attached hydrogens (tertiary/aromatic N) is 2. The van der Waals surface area contributed by atoms with Crippen LogP contribution in [0.1, 0.15) is 23.0 Å². The summed E-state index contributed by atoms with van der Waals surface area (Å²) in [6, 6.07) is 9.87.